The fraction of sp³-hybridized carbons (Fsp3) is 0.500. The number of aliphatic imine (C=N–C) groups is 1. The summed E-state index contributed by atoms with van der Waals surface area (Å²) in [5.74, 6) is 1.61. The van der Waals surface area contributed by atoms with Gasteiger partial charge in [0, 0.05) is 50.7 Å². The molecule has 1 aromatic heterocycles. The first kappa shape index (κ1) is 20.8. The van der Waals surface area contributed by atoms with Gasteiger partial charge in [0.1, 0.15) is 5.75 Å². The fourth-order valence-electron chi connectivity index (χ4n) is 2.59. The molecule has 2 rings (SSSR count). The lowest BCUT2D eigenvalue weighted by atomic mass is 10.1. The molecule has 7 nitrogen and oxygen atoms in total. The lowest BCUT2D eigenvalue weighted by molar-refractivity contribution is 0.172. The van der Waals surface area contributed by atoms with Crippen LogP contribution < -0.4 is 15.4 Å². The van der Waals surface area contributed by atoms with Crippen LogP contribution in [0.2, 0.25) is 0 Å². The second-order valence-electron chi connectivity index (χ2n) is 6.23. The van der Waals surface area contributed by atoms with Crippen molar-refractivity contribution in [1.82, 2.24) is 15.5 Å². The first-order valence-corrected chi connectivity index (χ1v) is 9.49. The Labute approximate surface area is 161 Å². The number of benzene rings is 1. The smallest absolute Gasteiger partial charge is 0.195 e. The minimum absolute atomic E-state index is 0.638. The zero-order chi connectivity index (χ0) is 19.3. The molecule has 148 valence electrons. The largest absolute Gasteiger partial charge is 0.493 e. The van der Waals surface area contributed by atoms with E-state index < -0.39 is 0 Å². The van der Waals surface area contributed by atoms with E-state index in [1.54, 1.807) is 7.11 Å². The molecule has 0 aliphatic rings. The van der Waals surface area contributed by atoms with Crippen molar-refractivity contribution in [2.45, 2.75) is 33.1 Å². The number of guanidine groups is 1. The van der Waals surface area contributed by atoms with Crippen molar-refractivity contribution >= 4 is 11.6 Å². The number of nitrogens with one attached hydrogen (secondary N) is 3. The monoisotopic (exact) mass is 373 g/mol. The van der Waals surface area contributed by atoms with Crippen molar-refractivity contribution in [2.75, 3.05) is 38.7 Å². The summed E-state index contributed by atoms with van der Waals surface area (Å²) in [5.41, 5.74) is 3.33. The van der Waals surface area contributed by atoms with Crippen molar-refractivity contribution < 1.29 is 9.47 Å². The summed E-state index contributed by atoms with van der Waals surface area (Å²) < 4.78 is 10.8. The van der Waals surface area contributed by atoms with Gasteiger partial charge in [0.05, 0.1) is 12.8 Å². The Bertz CT molecular complexity index is 699. The summed E-state index contributed by atoms with van der Waals surface area (Å²) in [7, 11) is 1.70. The molecule has 1 heterocycles. The van der Waals surface area contributed by atoms with E-state index in [4.69, 9.17) is 9.47 Å². The molecule has 0 atom stereocenters. The summed E-state index contributed by atoms with van der Waals surface area (Å²) in [6.45, 7) is 6.99. The standard InChI is InChI=1S/C20H31N5O2/c1-4-21-20(22-11-6-8-17-15-23-25-16(17)2)24-18-9-5-10-19(14-18)27-13-7-12-26-3/h5,9-10,14-15H,4,6-8,11-13H2,1-3H3,(H,23,25)(H2,21,22,24). The molecule has 0 spiro atoms. The highest BCUT2D eigenvalue weighted by atomic mass is 16.5. The van der Waals surface area contributed by atoms with Crippen LogP contribution in [-0.4, -0.2) is 49.6 Å². The second-order valence-corrected chi connectivity index (χ2v) is 6.23. The molecule has 0 amide bonds. The van der Waals surface area contributed by atoms with Gasteiger partial charge in [-0.05, 0) is 44.4 Å². The first-order valence-electron chi connectivity index (χ1n) is 9.49. The van der Waals surface area contributed by atoms with Gasteiger partial charge in [-0.1, -0.05) is 6.07 Å². The van der Waals surface area contributed by atoms with E-state index in [-0.39, 0.29) is 0 Å². The number of aryl methyl sites for hydroxylation is 2. The van der Waals surface area contributed by atoms with Crippen LogP contribution in [0.4, 0.5) is 5.69 Å². The third-order valence-electron chi connectivity index (χ3n) is 4.01. The van der Waals surface area contributed by atoms with E-state index in [0.717, 1.165) is 55.4 Å². The van der Waals surface area contributed by atoms with Crippen molar-refractivity contribution in [3.05, 3.63) is 41.7 Å². The fourth-order valence-corrected chi connectivity index (χ4v) is 2.59. The Balaban J connectivity index is 1.85. The molecule has 0 radical (unpaired) electrons. The summed E-state index contributed by atoms with van der Waals surface area (Å²) in [6, 6.07) is 7.91. The third-order valence-corrected chi connectivity index (χ3v) is 4.01. The predicted octanol–water partition coefficient (Wildman–Crippen LogP) is 3.14. The Morgan fingerprint density at radius 3 is 2.89 bits per heavy atom. The third kappa shape index (κ3) is 7.70. The van der Waals surface area contributed by atoms with Crippen LogP contribution in [0.3, 0.4) is 0 Å². The van der Waals surface area contributed by atoms with E-state index >= 15 is 0 Å². The number of hydrogen-bond acceptors (Lipinski definition) is 4. The first-order chi connectivity index (χ1) is 13.2. The minimum atomic E-state index is 0.638. The molecule has 0 aliphatic carbocycles. The molecule has 2 aromatic rings. The Morgan fingerprint density at radius 2 is 2.15 bits per heavy atom. The molecule has 27 heavy (non-hydrogen) atoms. The number of hydrogen-bond donors (Lipinski definition) is 3. The molecule has 0 saturated heterocycles. The summed E-state index contributed by atoms with van der Waals surface area (Å²) >= 11 is 0. The number of methoxy groups -OCH3 is 1. The molecular weight excluding hydrogens is 342 g/mol. The van der Waals surface area contributed by atoms with Crippen molar-refractivity contribution in [3.8, 4) is 5.75 Å². The van der Waals surface area contributed by atoms with Gasteiger partial charge in [-0.25, -0.2) is 0 Å². The maximum absolute atomic E-state index is 5.75. The van der Waals surface area contributed by atoms with Crippen LogP contribution >= 0.6 is 0 Å². The number of aromatic nitrogens is 2. The van der Waals surface area contributed by atoms with E-state index in [0.29, 0.717) is 13.2 Å². The van der Waals surface area contributed by atoms with E-state index in [2.05, 4.69) is 32.7 Å². The summed E-state index contributed by atoms with van der Waals surface area (Å²) in [4.78, 5) is 4.66. The number of rotatable bonds is 11. The molecule has 7 heteroatoms. The molecule has 0 unspecified atom stereocenters. The maximum atomic E-state index is 5.75. The Hall–Kier alpha value is -2.54. The predicted molar refractivity (Wildman–Crippen MR) is 110 cm³/mol. The summed E-state index contributed by atoms with van der Waals surface area (Å²) in [5, 5.41) is 13.6. The van der Waals surface area contributed by atoms with Crippen molar-refractivity contribution in [3.63, 3.8) is 0 Å². The molecule has 1 aromatic carbocycles. The van der Waals surface area contributed by atoms with Crippen LogP contribution in [0, 0.1) is 6.92 Å². The quantitative estimate of drug-likeness (QED) is 0.320. The molecular formula is C20H31N5O2. The van der Waals surface area contributed by atoms with Crippen LogP contribution in [0.15, 0.2) is 35.5 Å². The lowest BCUT2D eigenvalue weighted by Crippen LogP contribution is -2.30. The number of aromatic amines is 1. The average molecular weight is 374 g/mol. The average Bonchev–Trinajstić information content (AvgIpc) is 3.08. The van der Waals surface area contributed by atoms with Crippen molar-refractivity contribution in [2.24, 2.45) is 4.99 Å². The number of H-pyrrole nitrogens is 1. The van der Waals surface area contributed by atoms with Gasteiger partial charge in [-0.15, -0.1) is 0 Å². The highest BCUT2D eigenvalue weighted by Crippen LogP contribution is 2.17. The number of ether oxygens (including phenoxy) is 2. The molecule has 0 fully saturated rings. The molecule has 0 saturated carbocycles. The van der Waals surface area contributed by atoms with Gasteiger partial charge in [0.15, 0.2) is 5.96 Å². The van der Waals surface area contributed by atoms with Gasteiger partial charge in [0.25, 0.3) is 0 Å². The molecule has 0 bridgehead atoms. The Morgan fingerprint density at radius 1 is 1.26 bits per heavy atom. The Kier molecular flexibility index (Phi) is 9.20. The minimum Gasteiger partial charge on any atom is -0.493 e. The van der Waals surface area contributed by atoms with Gasteiger partial charge in [-0.3, -0.25) is 10.1 Å². The van der Waals surface area contributed by atoms with Gasteiger partial charge in [-0.2, -0.15) is 5.10 Å². The van der Waals surface area contributed by atoms with Gasteiger partial charge >= 0.3 is 0 Å². The van der Waals surface area contributed by atoms with E-state index in [9.17, 15) is 0 Å². The number of nitrogens with zero attached hydrogens (tertiary/aromatic N) is 2. The van der Waals surface area contributed by atoms with Crippen LogP contribution in [0.1, 0.15) is 31.0 Å². The zero-order valence-electron chi connectivity index (χ0n) is 16.5. The highest BCUT2D eigenvalue weighted by molar-refractivity contribution is 5.93. The molecule has 0 aliphatic heterocycles. The number of anilines is 1. The highest BCUT2D eigenvalue weighted by Gasteiger charge is 2.03. The van der Waals surface area contributed by atoms with Crippen LogP contribution in [-0.2, 0) is 11.2 Å². The SMILES string of the molecule is CCNC(=NCCCc1cn[nH]c1C)Nc1cccc(OCCCOC)c1. The van der Waals surface area contributed by atoms with Crippen molar-refractivity contribution in [1.29, 1.82) is 0 Å². The summed E-state index contributed by atoms with van der Waals surface area (Å²) in [6.07, 6.45) is 4.70. The molecule has 3 N–H and O–H groups in total. The second kappa shape index (κ2) is 12.0. The van der Waals surface area contributed by atoms with E-state index in [1.165, 1.54) is 5.56 Å². The van der Waals surface area contributed by atoms with Gasteiger partial charge < -0.3 is 20.1 Å². The van der Waals surface area contributed by atoms with Gasteiger partial charge in [0.2, 0.25) is 0 Å². The maximum Gasteiger partial charge on any atom is 0.195 e. The lowest BCUT2D eigenvalue weighted by Gasteiger charge is -2.13. The van der Waals surface area contributed by atoms with Crippen LogP contribution in [0.25, 0.3) is 0 Å². The topological polar surface area (TPSA) is 83.6 Å². The van der Waals surface area contributed by atoms with E-state index in [1.807, 2.05) is 37.4 Å². The van der Waals surface area contributed by atoms with Crippen LogP contribution in [0.5, 0.6) is 5.75 Å². The zero-order valence-corrected chi connectivity index (χ0v) is 16.5. The normalized spacial score (nSPS) is 11.4.